The van der Waals surface area contributed by atoms with Crippen molar-refractivity contribution in [3.8, 4) is 0 Å². The molecule has 6 heteroatoms. The van der Waals surface area contributed by atoms with Crippen molar-refractivity contribution in [3.05, 3.63) is 70.5 Å². The normalized spacial score (nSPS) is 20.3. The van der Waals surface area contributed by atoms with E-state index in [1.54, 1.807) is 17.1 Å². The van der Waals surface area contributed by atoms with Gasteiger partial charge < -0.3 is 0 Å². The smallest absolute Gasteiger partial charge is 0.257 e. The second-order valence-electron chi connectivity index (χ2n) is 7.37. The van der Waals surface area contributed by atoms with Crippen molar-refractivity contribution in [1.82, 2.24) is 9.91 Å². The minimum atomic E-state index is -0.289. The molecule has 1 saturated heterocycles. The summed E-state index contributed by atoms with van der Waals surface area (Å²) in [6.45, 7) is 2.26. The molecule has 0 radical (unpaired) electrons. The average molecular weight is 400 g/mol. The first-order valence-corrected chi connectivity index (χ1v) is 10.1. The highest BCUT2D eigenvalue weighted by atomic mass is 35.5. The molecule has 4 nitrogen and oxygen atoms in total. The van der Waals surface area contributed by atoms with Gasteiger partial charge in [0.1, 0.15) is 5.82 Å². The minimum Gasteiger partial charge on any atom is -0.294 e. The Bertz CT molecular complexity index is 878. The molecule has 1 atom stereocenters. The molecule has 2 aliphatic heterocycles. The zero-order valence-corrected chi connectivity index (χ0v) is 16.4. The van der Waals surface area contributed by atoms with Gasteiger partial charge in [0.15, 0.2) is 0 Å². The average Bonchev–Trinajstić information content (AvgIpc) is 3.15. The summed E-state index contributed by atoms with van der Waals surface area (Å²) in [4.78, 5) is 15.3. The summed E-state index contributed by atoms with van der Waals surface area (Å²) < 4.78 is 13.3. The largest absolute Gasteiger partial charge is 0.294 e. The number of carbonyl (C=O) groups is 1. The van der Waals surface area contributed by atoms with Gasteiger partial charge in [-0.2, -0.15) is 5.10 Å². The standard InChI is InChI=1S/C22H23ClFN3O/c23-19-7-3-2-6-18(19)21-14-20(16-8-10-17(24)11-9-16)25-27(21)22(28)15-26-12-4-1-5-13-26/h2-3,6-11,21H,1,4-5,12-15H2/t21-/m1/s1. The first-order valence-electron chi connectivity index (χ1n) is 9.74. The van der Waals surface area contributed by atoms with E-state index in [4.69, 9.17) is 11.6 Å². The van der Waals surface area contributed by atoms with E-state index in [9.17, 15) is 9.18 Å². The Morgan fingerprint density at radius 1 is 1.07 bits per heavy atom. The number of halogens is 2. The lowest BCUT2D eigenvalue weighted by molar-refractivity contribution is -0.134. The fraction of sp³-hybridized carbons (Fsp3) is 0.364. The number of hydrazone groups is 1. The molecule has 0 saturated carbocycles. The summed E-state index contributed by atoms with van der Waals surface area (Å²) in [7, 11) is 0. The van der Waals surface area contributed by atoms with Crippen LogP contribution in [0.15, 0.2) is 53.6 Å². The van der Waals surface area contributed by atoms with E-state index >= 15 is 0 Å². The van der Waals surface area contributed by atoms with Crippen LogP contribution in [-0.4, -0.2) is 41.2 Å². The van der Waals surface area contributed by atoms with Gasteiger partial charge in [0, 0.05) is 11.4 Å². The number of benzene rings is 2. The van der Waals surface area contributed by atoms with Gasteiger partial charge in [0.25, 0.3) is 5.91 Å². The zero-order valence-electron chi connectivity index (χ0n) is 15.7. The second-order valence-corrected chi connectivity index (χ2v) is 7.78. The number of amides is 1. The summed E-state index contributed by atoms with van der Waals surface area (Å²) in [6, 6.07) is 13.6. The summed E-state index contributed by atoms with van der Waals surface area (Å²) in [6.07, 6.45) is 4.04. The fourth-order valence-corrected chi connectivity index (χ4v) is 4.19. The number of hydrogen-bond acceptors (Lipinski definition) is 3. The third kappa shape index (κ3) is 4.10. The van der Waals surface area contributed by atoms with Crippen LogP contribution in [0.1, 0.15) is 42.9 Å². The fourth-order valence-electron chi connectivity index (χ4n) is 3.93. The van der Waals surface area contributed by atoms with Gasteiger partial charge in [-0.05, 0) is 55.3 Å². The predicted molar refractivity (Wildman–Crippen MR) is 109 cm³/mol. The molecule has 2 heterocycles. The van der Waals surface area contributed by atoms with Crippen LogP contribution >= 0.6 is 11.6 Å². The maximum absolute atomic E-state index is 13.3. The quantitative estimate of drug-likeness (QED) is 0.750. The van der Waals surface area contributed by atoms with Crippen LogP contribution in [0.4, 0.5) is 4.39 Å². The number of hydrogen-bond donors (Lipinski definition) is 0. The summed E-state index contributed by atoms with van der Waals surface area (Å²) >= 11 is 6.43. The highest BCUT2D eigenvalue weighted by Gasteiger charge is 2.34. The van der Waals surface area contributed by atoms with Crippen LogP contribution < -0.4 is 0 Å². The van der Waals surface area contributed by atoms with Gasteiger partial charge in [-0.3, -0.25) is 9.69 Å². The molecule has 2 aromatic carbocycles. The van der Waals surface area contributed by atoms with Gasteiger partial charge in [-0.15, -0.1) is 0 Å². The lowest BCUT2D eigenvalue weighted by atomic mass is 9.98. The Morgan fingerprint density at radius 2 is 1.79 bits per heavy atom. The molecule has 0 spiro atoms. The van der Waals surface area contributed by atoms with Crippen molar-refractivity contribution in [3.63, 3.8) is 0 Å². The van der Waals surface area contributed by atoms with Gasteiger partial charge in [-0.25, -0.2) is 9.40 Å². The van der Waals surface area contributed by atoms with Crippen LogP contribution in [-0.2, 0) is 4.79 Å². The Hall–Kier alpha value is -2.24. The first-order chi connectivity index (χ1) is 13.6. The number of carbonyl (C=O) groups excluding carboxylic acids is 1. The SMILES string of the molecule is O=C(CN1CCCCC1)N1N=C(c2ccc(F)cc2)C[C@@H]1c1ccccc1Cl. The van der Waals surface area contributed by atoms with Gasteiger partial charge in [-0.1, -0.05) is 48.4 Å². The molecule has 0 unspecified atom stereocenters. The van der Waals surface area contributed by atoms with E-state index in [2.05, 4.69) is 10.0 Å². The van der Waals surface area contributed by atoms with E-state index in [-0.39, 0.29) is 17.8 Å². The highest BCUT2D eigenvalue weighted by Crippen LogP contribution is 2.36. The third-order valence-electron chi connectivity index (χ3n) is 5.42. The Balaban J connectivity index is 1.62. The van der Waals surface area contributed by atoms with E-state index in [1.165, 1.54) is 18.6 Å². The molecule has 4 rings (SSSR count). The minimum absolute atomic E-state index is 0.0241. The van der Waals surface area contributed by atoms with E-state index in [1.807, 2.05) is 24.3 Å². The Morgan fingerprint density at radius 3 is 2.50 bits per heavy atom. The zero-order chi connectivity index (χ0) is 19.5. The van der Waals surface area contributed by atoms with Crippen molar-refractivity contribution in [2.24, 2.45) is 5.10 Å². The van der Waals surface area contributed by atoms with Crippen LogP contribution in [0.3, 0.4) is 0 Å². The topological polar surface area (TPSA) is 35.9 Å². The van der Waals surface area contributed by atoms with Gasteiger partial charge in [0.2, 0.25) is 0 Å². The van der Waals surface area contributed by atoms with Crippen molar-refractivity contribution in [2.75, 3.05) is 19.6 Å². The second kappa shape index (κ2) is 8.41. The molecule has 0 N–H and O–H groups in total. The molecule has 2 aliphatic rings. The van der Waals surface area contributed by atoms with Gasteiger partial charge >= 0.3 is 0 Å². The van der Waals surface area contributed by atoms with Crippen molar-refractivity contribution < 1.29 is 9.18 Å². The van der Waals surface area contributed by atoms with Crippen LogP contribution in [0.5, 0.6) is 0 Å². The van der Waals surface area contributed by atoms with E-state index in [0.29, 0.717) is 18.0 Å². The number of likely N-dealkylation sites (tertiary alicyclic amines) is 1. The lowest BCUT2D eigenvalue weighted by Gasteiger charge is -2.29. The Labute approximate surface area is 169 Å². The number of nitrogens with zero attached hydrogens (tertiary/aromatic N) is 3. The molecule has 1 fully saturated rings. The number of piperidine rings is 1. The lowest BCUT2D eigenvalue weighted by Crippen LogP contribution is -2.40. The van der Waals surface area contributed by atoms with Crippen LogP contribution in [0.2, 0.25) is 5.02 Å². The highest BCUT2D eigenvalue weighted by molar-refractivity contribution is 6.31. The van der Waals surface area contributed by atoms with Crippen LogP contribution in [0.25, 0.3) is 0 Å². The van der Waals surface area contributed by atoms with Crippen molar-refractivity contribution in [2.45, 2.75) is 31.7 Å². The first kappa shape index (κ1) is 19.1. The molecule has 28 heavy (non-hydrogen) atoms. The molecule has 2 aromatic rings. The van der Waals surface area contributed by atoms with E-state index in [0.717, 1.165) is 42.8 Å². The van der Waals surface area contributed by atoms with E-state index < -0.39 is 0 Å². The van der Waals surface area contributed by atoms with Gasteiger partial charge in [0.05, 0.1) is 18.3 Å². The molecular formula is C22H23ClFN3O. The van der Waals surface area contributed by atoms with Crippen molar-refractivity contribution in [1.29, 1.82) is 0 Å². The Kier molecular flexibility index (Phi) is 5.74. The molecule has 1 amide bonds. The van der Waals surface area contributed by atoms with Crippen LogP contribution in [0, 0.1) is 5.82 Å². The summed E-state index contributed by atoms with van der Waals surface area (Å²) in [5.41, 5.74) is 2.49. The molecule has 146 valence electrons. The molecular weight excluding hydrogens is 377 g/mol. The maximum Gasteiger partial charge on any atom is 0.257 e. The third-order valence-corrected chi connectivity index (χ3v) is 5.76. The maximum atomic E-state index is 13.3. The molecule has 0 aliphatic carbocycles. The predicted octanol–water partition coefficient (Wildman–Crippen LogP) is 4.64. The molecule has 0 bridgehead atoms. The number of rotatable bonds is 4. The monoisotopic (exact) mass is 399 g/mol. The van der Waals surface area contributed by atoms with Crippen molar-refractivity contribution >= 4 is 23.2 Å². The molecule has 0 aromatic heterocycles. The summed E-state index contributed by atoms with van der Waals surface area (Å²) in [5, 5.41) is 6.85. The summed E-state index contributed by atoms with van der Waals surface area (Å²) in [5.74, 6) is -0.313.